The van der Waals surface area contributed by atoms with E-state index in [0.717, 1.165) is 23.0 Å². The molecule has 3 aromatic heterocycles. The van der Waals surface area contributed by atoms with Crippen molar-refractivity contribution < 1.29 is 4.39 Å². The molecule has 0 unspecified atom stereocenters. The monoisotopic (exact) mass is 324 g/mol. The van der Waals surface area contributed by atoms with Crippen molar-refractivity contribution in [1.29, 1.82) is 0 Å². The van der Waals surface area contributed by atoms with E-state index in [1.54, 1.807) is 24.7 Å². The predicted octanol–water partition coefficient (Wildman–Crippen LogP) is 4.46. The summed E-state index contributed by atoms with van der Waals surface area (Å²) in [6, 6.07) is 5.54. The molecule has 3 aromatic rings. The molecule has 0 atom stereocenters. The summed E-state index contributed by atoms with van der Waals surface area (Å²) in [5, 5.41) is 1.01. The maximum Gasteiger partial charge on any atom is 0.150 e. The fourth-order valence-corrected chi connectivity index (χ4v) is 2.62. The molecule has 0 N–H and O–H groups in total. The molecule has 5 heteroatoms. The van der Waals surface area contributed by atoms with Crippen LogP contribution in [0.1, 0.15) is 27.2 Å². The number of pyridine rings is 3. The lowest BCUT2D eigenvalue weighted by atomic mass is 9.98. The van der Waals surface area contributed by atoms with Crippen LogP contribution in [0.4, 0.5) is 10.1 Å². The molecule has 0 aliphatic carbocycles. The van der Waals surface area contributed by atoms with Crippen LogP contribution in [-0.4, -0.2) is 27.5 Å². The minimum atomic E-state index is -0.378. The highest BCUT2D eigenvalue weighted by Crippen LogP contribution is 2.34. The number of halogens is 1. The Morgan fingerprint density at radius 3 is 2.54 bits per heavy atom. The Labute approximate surface area is 141 Å². The smallest absolute Gasteiger partial charge is 0.150 e. The third-order valence-corrected chi connectivity index (χ3v) is 4.77. The molecule has 0 bridgehead atoms. The normalized spacial score (nSPS) is 11.7. The van der Waals surface area contributed by atoms with Gasteiger partial charge in [0.25, 0.3) is 0 Å². The summed E-state index contributed by atoms with van der Waals surface area (Å²) in [7, 11) is 2.06. The standard InChI is InChI=1S/C19H21FN4/c1-5-19(2,3)24(4)18-10-16(13-6-8-21-11-15(13)20)23-17-12-22-9-7-14(17)18/h6-12H,5H2,1-4H3. The zero-order valence-electron chi connectivity index (χ0n) is 14.4. The highest BCUT2D eigenvalue weighted by molar-refractivity contribution is 5.94. The minimum absolute atomic E-state index is 0.0361. The summed E-state index contributed by atoms with van der Waals surface area (Å²) in [6.07, 6.45) is 7.25. The van der Waals surface area contributed by atoms with Crippen LogP contribution in [0, 0.1) is 5.82 Å². The van der Waals surface area contributed by atoms with Crippen molar-refractivity contribution in [3.63, 3.8) is 0 Å². The summed E-state index contributed by atoms with van der Waals surface area (Å²) in [5.74, 6) is -0.378. The van der Waals surface area contributed by atoms with Crippen molar-refractivity contribution in [2.24, 2.45) is 0 Å². The van der Waals surface area contributed by atoms with Crippen molar-refractivity contribution in [3.05, 3.63) is 48.8 Å². The number of rotatable bonds is 4. The van der Waals surface area contributed by atoms with Gasteiger partial charge in [0.2, 0.25) is 0 Å². The van der Waals surface area contributed by atoms with E-state index in [9.17, 15) is 4.39 Å². The van der Waals surface area contributed by atoms with E-state index in [2.05, 4.69) is 47.7 Å². The molecule has 3 rings (SSSR count). The van der Waals surface area contributed by atoms with E-state index < -0.39 is 0 Å². The van der Waals surface area contributed by atoms with Crippen LogP contribution in [0.25, 0.3) is 22.2 Å². The number of aromatic nitrogens is 3. The SMILES string of the molecule is CCC(C)(C)N(C)c1cc(-c2ccncc2F)nc2cnccc12. The van der Waals surface area contributed by atoms with Crippen molar-refractivity contribution in [2.75, 3.05) is 11.9 Å². The first-order chi connectivity index (χ1) is 11.4. The van der Waals surface area contributed by atoms with Gasteiger partial charge < -0.3 is 4.90 Å². The molecule has 0 aromatic carbocycles. The van der Waals surface area contributed by atoms with Crippen molar-refractivity contribution in [3.8, 4) is 11.3 Å². The molecule has 0 aliphatic rings. The molecule has 3 heterocycles. The lowest BCUT2D eigenvalue weighted by molar-refractivity contribution is 0.472. The quantitative estimate of drug-likeness (QED) is 0.711. The van der Waals surface area contributed by atoms with Crippen LogP contribution in [0.5, 0.6) is 0 Å². The first-order valence-corrected chi connectivity index (χ1v) is 8.02. The number of fused-ring (bicyclic) bond motifs is 1. The Morgan fingerprint density at radius 2 is 1.83 bits per heavy atom. The molecule has 0 saturated heterocycles. The largest absolute Gasteiger partial charge is 0.369 e. The lowest BCUT2D eigenvalue weighted by Crippen LogP contribution is -2.40. The second-order valence-corrected chi connectivity index (χ2v) is 6.50. The average Bonchev–Trinajstić information content (AvgIpc) is 2.60. The highest BCUT2D eigenvalue weighted by atomic mass is 19.1. The number of hydrogen-bond acceptors (Lipinski definition) is 4. The number of nitrogens with zero attached hydrogens (tertiary/aromatic N) is 4. The van der Waals surface area contributed by atoms with E-state index >= 15 is 0 Å². The lowest BCUT2D eigenvalue weighted by Gasteiger charge is -2.37. The molecule has 0 fully saturated rings. The van der Waals surface area contributed by atoms with Crippen LogP contribution in [0.2, 0.25) is 0 Å². The minimum Gasteiger partial charge on any atom is -0.369 e. The van der Waals surface area contributed by atoms with Crippen LogP contribution >= 0.6 is 0 Å². The second-order valence-electron chi connectivity index (χ2n) is 6.50. The van der Waals surface area contributed by atoms with Gasteiger partial charge in [-0.25, -0.2) is 9.37 Å². The molecule has 0 amide bonds. The van der Waals surface area contributed by atoms with Crippen molar-refractivity contribution in [1.82, 2.24) is 15.0 Å². The maximum absolute atomic E-state index is 14.2. The van der Waals surface area contributed by atoms with Gasteiger partial charge in [0, 0.05) is 41.6 Å². The topological polar surface area (TPSA) is 41.9 Å². The zero-order chi connectivity index (χ0) is 17.3. The van der Waals surface area contributed by atoms with Crippen LogP contribution < -0.4 is 4.90 Å². The molecule has 4 nitrogen and oxygen atoms in total. The third-order valence-electron chi connectivity index (χ3n) is 4.77. The fourth-order valence-electron chi connectivity index (χ4n) is 2.62. The third kappa shape index (κ3) is 2.82. The van der Waals surface area contributed by atoms with E-state index in [0.29, 0.717) is 11.3 Å². The van der Waals surface area contributed by atoms with E-state index in [-0.39, 0.29) is 11.4 Å². The Kier molecular flexibility index (Phi) is 4.18. The van der Waals surface area contributed by atoms with E-state index in [4.69, 9.17) is 0 Å². The Hall–Kier alpha value is -2.56. The van der Waals surface area contributed by atoms with Gasteiger partial charge in [-0.05, 0) is 38.5 Å². The maximum atomic E-state index is 14.2. The van der Waals surface area contributed by atoms with Gasteiger partial charge in [-0.3, -0.25) is 9.97 Å². The molecular formula is C19H21FN4. The molecule has 0 radical (unpaired) electrons. The summed E-state index contributed by atoms with van der Waals surface area (Å²) in [6.45, 7) is 6.53. The molecule has 0 saturated carbocycles. The average molecular weight is 324 g/mol. The second kappa shape index (κ2) is 6.15. The number of hydrogen-bond donors (Lipinski definition) is 0. The highest BCUT2D eigenvalue weighted by Gasteiger charge is 2.24. The summed E-state index contributed by atoms with van der Waals surface area (Å²) < 4.78 is 14.2. The van der Waals surface area contributed by atoms with Crippen molar-refractivity contribution >= 4 is 16.6 Å². The molecule has 24 heavy (non-hydrogen) atoms. The Balaban J connectivity index is 2.26. The first kappa shape index (κ1) is 16.3. The van der Waals surface area contributed by atoms with Gasteiger partial charge in [0.15, 0.2) is 5.82 Å². The van der Waals surface area contributed by atoms with Gasteiger partial charge >= 0.3 is 0 Å². The molecule has 0 aliphatic heterocycles. The van der Waals surface area contributed by atoms with E-state index in [1.807, 2.05) is 12.1 Å². The molecule has 124 valence electrons. The van der Waals surface area contributed by atoms with E-state index in [1.165, 1.54) is 6.20 Å². The molecule has 0 spiro atoms. The summed E-state index contributed by atoms with van der Waals surface area (Å²) in [4.78, 5) is 14.8. The summed E-state index contributed by atoms with van der Waals surface area (Å²) in [5.41, 5.74) is 2.76. The van der Waals surface area contributed by atoms with Gasteiger partial charge in [0.05, 0.1) is 23.6 Å². The van der Waals surface area contributed by atoms with Crippen LogP contribution in [0.3, 0.4) is 0 Å². The van der Waals surface area contributed by atoms with Gasteiger partial charge in [-0.1, -0.05) is 6.92 Å². The van der Waals surface area contributed by atoms with Gasteiger partial charge in [0.1, 0.15) is 0 Å². The van der Waals surface area contributed by atoms with Crippen molar-refractivity contribution in [2.45, 2.75) is 32.7 Å². The van der Waals surface area contributed by atoms with Crippen LogP contribution in [-0.2, 0) is 0 Å². The van der Waals surface area contributed by atoms with Gasteiger partial charge in [-0.15, -0.1) is 0 Å². The first-order valence-electron chi connectivity index (χ1n) is 8.02. The Bertz CT molecular complexity index is 876. The number of anilines is 1. The summed E-state index contributed by atoms with van der Waals surface area (Å²) >= 11 is 0. The fraction of sp³-hybridized carbons (Fsp3) is 0.316. The Morgan fingerprint density at radius 1 is 1.12 bits per heavy atom. The van der Waals surface area contributed by atoms with Gasteiger partial charge in [-0.2, -0.15) is 0 Å². The molecular weight excluding hydrogens is 303 g/mol. The zero-order valence-corrected chi connectivity index (χ0v) is 14.4. The van der Waals surface area contributed by atoms with Crippen LogP contribution in [0.15, 0.2) is 43.0 Å². The predicted molar refractivity (Wildman–Crippen MR) is 95.5 cm³/mol.